The largest absolute Gasteiger partial charge is 0.491 e. The van der Waals surface area contributed by atoms with Crippen LogP contribution >= 0.6 is 0 Å². The number of para-hydroxylation sites is 1. The molecule has 0 atom stereocenters. The van der Waals surface area contributed by atoms with Crippen molar-refractivity contribution in [2.45, 2.75) is 12.6 Å². The lowest BCUT2D eigenvalue weighted by Crippen LogP contribution is -2.14. The molecule has 7 heteroatoms. The Balaban J connectivity index is 2.75. The second-order valence-corrected chi connectivity index (χ2v) is 3.42. The Morgan fingerprint density at radius 1 is 1.39 bits per heavy atom. The zero-order valence-electron chi connectivity index (χ0n) is 9.58. The van der Waals surface area contributed by atoms with Crippen LogP contribution in [0.3, 0.4) is 0 Å². The summed E-state index contributed by atoms with van der Waals surface area (Å²) in [6, 6.07) is 4.24. The van der Waals surface area contributed by atoms with E-state index in [1.54, 1.807) is 0 Å². The van der Waals surface area contributed by atoms with Crippen molar-refractivity contribution in [3.05, 3.63) is 23.8 Å². The molecule has 0 unspecified atom stereocenters. The van der Waals surface area contributed by atoms with Crippen molar-refractivity contribution in [2.75, 3.05) is 19.5 Å². The molecule has 2 N–H and O–H groups in total. The smallest absolute Gasteiger partial charge is 0.392 e. The second kappa shape index (κ2) is 5.61. The summed E-state index contributed by atoms with van der Waals surface area (Å²) in [5.74, 6) is -0.643. The first-order chi connectivity index (χ1) is 8.35. The summed E-state index contributed by atoms with van der Waals surface area (Å²) in [6.07, 6.45) is -5.39. The van der Waals surface area contributed by atoms with E-state index in [1.165, 1.54) is 25.3 Å². The van der Waals surface area contributed by atoms with Crippen LogP contribution < -0.4 is 10.5 Å². The van der Waals surface area contributed by atoms with E-state index in [9.17, 15) is 18.0 Å². The van der Waals surface area contributed by atoms with Crippen LogP contribution in [-0.2, 0) is 4.74 Å². The Bertz CT molecular complexity index is 432. The normalized spacial score (nSPS) is 11.1. The Morgan fingerprint density at radius 2 is 2.06 bits per heavy atom. The van der Waals surface area contributed by atoms with Crippen molar-refractivity contribution in [3.63, 3.8) is 0 Å². The van der Waals surface area contributed by atoms with Gasteiger partial charge in [0.05, 0.1) is 31.4 Å². The van der Waals surface area contributed by atoms with Gasteiger partial charge in [-0.2, -0.15) is 13.2 Å². The number of methoxy groups -OCH3 is 1. The molecular weight excluding hydrogens is 251 g/mol. The summed E-state index contributed by atoms with van der Waals surface area (Å²) in [6.45, 7) is -0.557. The molecule has 0 saturated carbocycles. The number of rotatable bonds is 4. The molecule has 0 bridgehead atoms. The Morgan fingerprint density at radius 3 is 2.61 bits per heavy atom. The minimum absolute atomic E-state index is 0.0298. The zero-order valence-corrected chi connectivity index (χ0v) is 9.58. The molecule has 1 rings (SSSR count). The Labute approximate surface area is 101 Å². The molecule has 100 valence electrons. The number of ether oxygens (including phenoxy) is 2. The van der Waals surface area contributed by atoms with Gasteiger partial charge >= 0.3 is 12.1 Å². The topological polar surface area (TPSA) is 61.5 Å². The molecule has 1 aromatic rings. The fraction of sp³-hybridized carbons (Fsp3) is 0.364. The molecule has 0 saturated heterocycles. The lowest BCUT2D eigenvalue weighted by atomic mass is 10.1. The molecule has 0 aliphatic rings. The van der Waals surface area contributed by atoms with E-state index in [4.69, 9.17) is 10.5 Å². The van der Waals surface area contributed by atoms with E-state index in [-0.39, 0.29) is 17.0 Å². The molecule has 0 amide bonds. The van der Waals surface area contributed by atoms with Gasteiger partial charge in [-0.3, -0.25) is 0 Å². The summed E-state index contributed by atoms with van der Waals surface area (Å²) in [4.78, 5) is 11.3. The molecular formula is C11H12F3NO3. The highest BCUT2D eigenvalue weighted by Gasteiger charge is 2.27. The van der Waals surface area contributed by atoms with Crippen molar-refractivity contribution in [3.8, 4) is 5.75 Å². The van der Waals surface area contributed by atoms with E-state index in [2.05, 4.69) is 4.74 Å². The molecule has 0 aliphatic heterocycles. The summed E-state index contributed by atoms with van der Waals surface area (Å²) < 4.78 is 45.2. The molecule has 1 aromatic carbocycles. The number of nitrogen functional groups attached to an aromatic ring is 1. The summed E-state index contributed by atoms with van der Waals surface area (Å²) in [5, 5.41) is 0. The maximum absolute atomic E-state index is 11.9. The van der Waals surface area contributed by atoms with Gasteiger partial charge in [0.25, 0.3) is 0 Å². The van der Waals surface area contributed by atoms with E-state index in [0.29, 0.717) is 0 Å². The molecule has 0 radical (unpaired) electrons. The molecule has 4 nitrogen and oxygen atoms in total. The van der Waals surface area contributed by atoms with E-state index in [0.717, 1.165) is 0 Å². The van der Waals surface area contributed by atoms with Crippen molar-refractivity contribution in [2.24, 2.45) is 0 Å². The first kappa shape index (κ1) is 14.1. The number of esters is 1. The maximum Gasteiger partial charge on any atom is 0.392 e. The first-order valence-electron chi connectivity index (χ1n) is 5.01. The fourth-order valence-corrected chi connectivity index (χ4v) is 1.23. The van der Waals surface area contributed by atoms with Crippen molar-refractivity contribution < 1.29 is 27.4 Å². The predicted octanol–water partition coefficient (Wildman–Crippen LogP) is 2.39. The average molecular weight is 263 g/mol. The third-order valence-electron chi connectivity index (χ3n) is 2.11. The van der Waals surface area contributed by atoms with Crippen molar-refractivity contribution >= 4 is 11.7 Å². The van der Waals surface area contributed by atoms with E-state index >= 15 is 0 Å². The van der Waals surface area contributed by atoms with Gasteiger partial charge in [-0.15, -0.1) is 0 Å². The Hall–Kier alpha value is -1.92. The number of benzene rings is 1. The second-order valence-electron chi connectivity index (χ2n) is 3.42. The lowest BCUT2D eigenvalue weighted by Gasteiger charge is -2.12. The Kier molecular flexibility index (Phi) is 4.41. The van der Waals surface area contributed by atoms with Gasteiger partial charge in [0.2, 0.25) is 0 Å². The SMILES string of the molecule is COC(=O)c1cccc(OCCC(F)(F)F)c1N. The van der Waals surface area contributed by atoms with Gasteiger partial charge in [0.15, 0.2) is 0 Å². The van der Waals surface area contributed by atoms with Crippen LogP contribution in [0.5, 0.6) is 5.75 Å². The van der Waals surface area contributed by atoms with Gasteiger partial charge in [-0.05, 0) is 12.1 Å². The van der Waals surface area contributed by atoms with E-state index < -0.39 is 25.2 Å². The average Bonchev–Trinajstić information content (AvgIpc) is 2.29. The van der Waals surface area contributed by atoms with Gasteiger partial charge in [0, 0.05) is 0 Å². The van der Waals surface area contributed by atoms with Gasteiger partial charge in [0.1, 0.15) is 5.75 Å². The number of nitrogens with two attached hydrogens (primary N) is 1. The number of carbonyl (C=O) groups is 1. The minimum atomic E-state index is -4.30. The standard InChI is InChI=1S/C11H12F3NO3/c1-17-10(16)7-3-2-4-8(9(7)15)18-6-5-11(12,13)14/h2-4H,5-6,15H2,1H3. The van der Waals surface area contributed by atoms with Crippen LogP contribution in [0.4, 0.5) is 18.9 Å². The van der Waals surface area contributed by atoms with Gasteiger partial charge < -0.3 is 15.2 Å². The zero-order chi connectivity index (χ0) is 13.8. The van der Waals surface area contributed by atoms with Gasteiger partial charge in [-0.25, -0.2) is 4.79 Å². The number of anilines is 1. The van der Waals surface area contributed by atoms with E-state index in [1.807, 2.05) is 0 Å². The number of halogens is 3. The number of alkyl halides is 3. The van der Waals surface area contributed by atoms with Crippen LogP contribution in [0.25, 0.3) is 0 Å². The summed E-state index contributed by atoms with van der Waals surface area (Å²) in [5.41, 5.74) is 5.62. The minimum Gasteiger partial charge on any atom is -0.491 e. The molecule has 0 aromatic heterocycles. The quantitative estimate of drug-likeness (QED) is 0.669. The maximum atomic E-state index is 11.9. The fourth-order valence-electron chi connectivity index (χ4n) is 1.23. The number of hydrogen-bond donors (Lipinski definition) is 1. The van der Waals surface area contributed by atoms with Crippen LogP contribution in [0, 0.1) is 0 Å². The lowest BCUT2D eigenvalue weighted by molar-refractivity contribution is -0.139. The third kappa shape index (κ3) is 3.83. The highest BCUT2D eigenvalue weighted by Crippen LogP contribution is 2.27. The predicted molar refractivity (Wildman–Crippen MR) is 58.4 cm³/mol. The highest BCUT2D eigenvalue weighted by molar-refractivity contribution is 5.96. The number of hydrogen-bond acceptors (Lipinski definition) is 4. The van der Waals surface area contributed by atoms with Crippen molar-refractivity contribution in [1.29, 1.82) is 0 Å². The van der Waals surface area contributed by atoms with Gasteiger partial charge in [-0.1, -0.05) is 6.07 Å². The molecule has 0 fully saturated rings. The summed E-state index contributed by atoms with van der Waals surface area (Å²) in [7, 11) is 1.18. The summed E-state index contributed by atoms with van der Waals surface area (Å²) >= 11 is 0. The molecule has 0 spiro atoms. The van der Waals surface area contributed by atoms with Crippen LogP contribution in [0.2, 0.25) is 0 Å². The van der Waals surface area contributed by atoms with Crippen LogP contribution in [0.15, 0.2) is 18.2 Å². The first-order valence-corrected chi connectivity index (χ1v) is 5.01. The molecule has 0 heterocycles. The number of carbonyl (C=O) groups excluding carboxylic acids is 1. The van der Waals surface area contributed by atoms with Crippen molar-refractivity contribution in [1.82, 2.24) is 0 Å². The monoisotopic (exact) mass is 263 g/mol. The third-order valence-corrected chi connectivity index (χ3v) is 2.11. The molecule has 0 aliphatic carbocycles. The highest BCUT2D eigenvalue weighted by atomic mass is 19.4. The van der Waals surface area contributed by atoms with Crippen LogP contribution in [-0.4, -0.2) is 25.9 Å². The molecule has 18 heavy (non-hydrogen) atoms. The van der Waals surface area contributed by atoms with Crippen LogP contribution in [0.1, 0.15) is 16.8 Å².